The number of aliphatic hydroxyl groups excluding tert-OH is 1. The van der Waals surface area contributed by atoms with E-state index < -0.39 is 0 Å². The summed E-state index contributed by atoms with van der Waals surface area (Å²) in [7, 11) is 0. The van der Waals surface area contributed by atoms with E-state index in [1.807, 2.05) is 6.92 Å². The molecule has 1 saturated heterocycles. The zero-order valence-corrected chi connectivity index (χ0v) is 12.1. The van der Waals surface area contributed by atoms with Crippen molar-refractivity contribution in [1.82, 2.24) is 5.32 Å². The Bertz CT molecular complexity index is 404. The number of carbonyl (C=O) groups excluding carboxylic acids is 3. The molecule has 2 N–H and O–H groups in total. The molecule has 0 aromatic rings. The summed E-state index contributed by atoms with van der Waals surface area (Å²) in [6.07, 6.45) is 2.09. The number of aliphatic hydroxyl groups is 1. The van der Waals surface area contributed by atoms with Crippen LogP contribution in [0.2, 0.25) is 0 Å². The highest BCUT2D eigenvalue weighted by Gasteiger charge is 2.42. The van der Waals surface area contributed by atoms with Gasteiger partial charge in [0.2, 0.25) is 11.8 Å². The van der Waals surface area contributed by atoms with Crippen LogP contribution < -0.4 is 5.32 Å². The second-order valence-corrected chi connectivity index (χ2v) is 6.47. The molecule has 2 aliphatic rings. The number of amides is 2. The monoisotopic (exact) mass is 281 g/mol. The molecular weight excluding hydrogens is 258 g/mol. The van der Waals surface area contributed by atoms with Crippen LogP contribution in [0.15, 0.2) is 0 Å². The van der Waals surface area contributed by atoms with E-state index in [9.17, 15) is 19.5 Å². The number of hydrogen-bond donors (Lipinski definition) is 2. The van der Waals surface area contributed by atoms with Crippen LogP contribution in [-0.4, -0.2) is 29.3 Å². The van der Waals surface area contributed by atoms with Crippen LogP contribution in [0.5, 0.6) is 0 Å². The number of ketones is 1. The Morgan fingerprint density at radius 1 is 1.15 bits per heavy atom. The summed E-state index contributed by atoms with van der Waals surface area (Å²) in [6.45, 7) is 3.91. The minimum Gasteiger partial charge on any atom is -0.396 e. The molecule has 0 radical (unpaired) electrons. The summed E-state index contributed by atoms with van der Waals surface area (Å²) in [5.74, 6) is -0.678. The molecule has 0 spiro atoms. The third-order valence-corrected chi connectivity index (χ3v) is 4.77. The fourth-order valence-corrected chi connectivity index (χ4v) is 3.83. The molecule has 1 heterocycles. The fourth-order valence-electron chi connectivity index (χ4n) is 3.83. The Hall–Kier alpha value is -1.23. The minimum atomic E-state index is -0.297. The lowest BCUT2D eigenvalue weighted by Crippen LogP contribution is -2.46. The predicted molar refractivity (Wildman–Crippen MR) is 72.5 cm³/mol. The molecule has 20 heavy (non-hydrogen) atoms. The molecule has 4 unspecified atom stereocenters. The van der Waals surface area contributed by atoms with Crippen molar-refractivity contribution in [2.45, 2.75) is 39.5 Å². The quantitative estimate of drug-likeness (QED) is 0.753. The second-order valence-electron chi connectivity index (χ2n) is 6.47. The molecule has 0 bridgehead atoms. The van der Waals surface area contributed by atoms with Gasteiger partial charge in [-0.15, -0.1) is 0 Å². The maximum absolute atomic E-state index is 12.4. The van der Waals surface area contributed by atoms with Gasteiger partial charge in [0.05, 0.1) is 0 Å². The van der Waals surface area contributed by atoms with Gasteiger partial charge in [0, 0.05) is 31.3 Å². The molecule has 0 aromatic heterocycles. The molecule has 5 heteroatoms. The van der Waals surface area contributed by atoms with E-state index in [-0.39, 0.29) is 60.7 Å². The number of piperidine rings is 1. The van der Waals surface area contributed by atoms with E-state index in [4.69, 9.17) is 0 Å². The van der Waals surface area contributed by atoms with Crippen molar-refractivity contribution in [1.29, 1.82) is 0 Å². The Balaban J connectivity index is 2.16. The highest BCUT2D eigenvalue weighted by atomic mass is 16.3. The summed E-state index contributed by atoms with van der Waals surface area (Å²) in [5, 5.41) is 12.0. The van der Waals surface area contributed by atoms with E-state index in [0.717, 1.165) is 12.8 Å². The van der Waals surface area contributed by atoms with Gasteiger partial charge in [0.1, 0.15) is 5.78 Å². The zero-order valence-electron chi connectivity index (χ0n) is 12.1. The van der Waals surface area contributed by atoms with Crippen LogP contribution in [0.1, 0.15) is 39.5 Å². The highest BCUT2D eigenvalue weighted by molar-refractivity contribution is 5.97. The third-order valence-electron chi connectivity index (χ3n) is 4.77. The van der Waals surface area contributed by atoms with E-state index in [1.54, 1.807) is 0 Å². The number of rotatable bonds is 3. The molecule has 2 rings (SSSR count). The standard InChI is InChI=1S/C15H23NO4/c1-8-3-9(2)15(20)11(4-8)12(7-17)10-5-13(18)16-14(19)6-10/h8-12,17H,3-7H2,1-2H3,(H,16,18,19). The van der Waals surface area contributed by atoms with E-state index in [1.165, 1.54) is 0 Å². The molecule has 1 aliphatic carbocycles. The lowest BCUT2D eigenvalue weighted by atomic mass is 9.66. The molecule has 5 nitrogen and oxygen atoms in total. The van der Waals surface area contributed by atoms with E-state index in [0.29, 0.717) is 5.92 Å². The lowest BCUT2D eigenvalue weighted by Gasteiger charge is -2.38. The number of nitrogens with one attached hydrogen (secondary N) is 1. The van der Waals surface area contributed by atoms with Crippen LogP contribution in [-0.2, 0) is 14.4 Å². The molecule has 0 aromatic carbocycles. The van der Waals surface area contributed by atoms with Gasteiger partial charge >= 0.3 is 0 Å². The summed E-state index contributed by atoms with van der Waals surface area (Å²) < 4.78 is 0. The molecule has 2 amide bonds. The Morgan fingerprint density at radius 2 is 1.75 bits per heavy atom. The SMILES string of the molecule is CC1CC(C)C(=O)C(C(CO)C2CC(=O)NC(=O)C2)C1. The summed E-state index contributed by atoms with van der Waals surface area (Å²) in [4.78, 5) is 35.4. The zero-order chi connectivity index (χ0) is 14.9. The van der Waals surface area contributed by atoms with E-state index >= 15 is 0 Å². The lowest BCUT2D eigenvalue weighted by molar-refractivity contribution is -0.141. The number of Topliss-reactive ketones (excluding diaryl/α,β-unsaturated/α-hetero) is 1. The van der Waals surface area contributed by atoms with Gasteiger partial charge in [0.15, 0.2) is 0 Å². The Labute approximate surface area is 119 Å². The fraction of sp³-hybridized carbons (Fsp3) is 0.800. The van der Waals surface area contributed by atoms with Crippen LogP contribution in [0, 0.1) is 29.6 Å². The topological polar surface area (TPSA) is 83.5 Å². The maximum atomic E-state index is 12.4. The number of carbonyl (C=O) groups is 3. The molecule has 1 saturated carbocycles. The van der Waals surface area contributed by atoms with Crippen LogP contribution in [0.25, 0.3) is 0 Å². The summed E-state index contributed by atoms with van der Waals surface area (Å²) in [6, 6.07) is 0. The first-order valence-corrected chi connectivity index (χ1v) is 7.39. The second kappa shape index (κ2) is 6.04. The molecule has 112 valence electrons. The van der Waals surface area contributed by atoms with E-state index in [2.05, 4.69) is 12.2 Å². The number of imide groups is 1. The Kier molecular flexibility index (Phi) is 4.58. The van der Waals surface area contributed by atoms with Crippen LogP contribution in [0.3, 0.4) is 0 Å². The van der Waals surface area contributed by atoms with Crippen molar-refractivity contribution in [3.63, 3.8) is 0 Å². The van der Waals surface area contributed by atoms with Crippen LogP contribution >= 0.6 is 0 Å². The van der Waals surface area contributed by atoms with Gasteiger partial charge in [-0.1, -0.05) is 13.8 Å². The predicted octanol–water partition coefficient (Wildman–Crippen LogP) is 0.899. The van der Waals surface area contributed by atoms with Crippen molar-refractivity contribution >= 4 is 17.6 Å². The first kappa shape index (κ1) is 15.2. The molecular formula is C15H23NO4. The van der Waals surface area contributed by atoms with Crippen molar-refractivity contribution in [3.8, 4) is 0 Å². The normalized spacial score (nSPS) is 34.0. The minimum absolute atomic E-state index is 0.00548. The number of hydrogen-bond acceptors (Lipinski definition) is 4. The first-order chi connectivity index (χ1) is 9.42. The smallest absolute Gasteiger partial charge is 0.226 e. The van der Waals surface area contributed by atoms with Gasteiger partial charge in [-0.3, -0.25) is 19.7 Å². The van der Waals surface area contributed by atoms with Crippen LogP contribution in [0.4, 0.5) is 0 Å². The highest BCUT2D eigenvalue weighted by Crippen LogP contribution is 2.39. The first-order valence-electron chi connectivity index (χ1n) is 7.39. The third kappa shape index (κ3) is 3.08. The van der Waals surface area contributed by atoms with Gasteiger partial charge < -0.3 is 5.11 Å². The largest absolute Gasteiger partial charge is 0.396 e. The van der Waals surface area contributed by atoms with Crippen molar-refractivity contribution < 1.29 is 19.5 Å². The average molecular weight is 281 g/mol. The van der Waals surface area contributed by atoms with Gasteiger partial charge in [-0.05, 0) is 30.6 Å². The van der Waals surface area contributed by atoms with Crippen molar-refractivity contribution in [3.05, 3.63) is 0 Å². The Morgan fingerprint density at radius 3 is 2.30 bits per heavy atom. The molecule has 4 atom stereocenters. The van der Waals surface area contributed by atoms with Crippen molar-refractivity contribution in [2.24, 2.45) is 29.6 Å². The maximum Gasteiger partial charge on any atom is 0.226 e. The van der Waals surface area contributed by atoms with Crippen molar-refractivity contribution in [2.75, 3.05) is 6.61 Å². The molecule has 1 aliphatic heterocycles. The molecule has 2 fully saturated rings. The summed E-state index contributed by atoms with van der Waals surface area (Å²) in [5.41, 5.74) is 0. The summed E-state index contributed by atoms with van der Waals surface area (Å²) >= 11 is 0. The van der Waals surface area contributed by atoms with Gasteiger partial charge in [-0.2, -0.15) is 0 Å². The van der Waals surface area contributed by atoms with Gasteiger partial charge in [0.25, 0.3) is 0 Å². The van der Waals surface area contributed by atoms with Gasteiger partial charge in [-0.25, -0.2) is 0 Å². The average Bonchev–Trinajstić information content (AvgIpc) is 2.34.